The van der Waals surface area contributed by atoms with Crippen molar-refractivity contribution < 1.29 is 19.5 Å². The van der Waals surface area contributed by atoms with Crippen LogP contribution < -0.4 is 5.32 Å². The number of amides is 3. The molecule has 0 radical (unpaired) electrons. The second-order valence-corrected chi connectivity index (χ2v) is 4.70. The van der Waals surface area contributed by atoms with Crippen LogP contribution in [-0.2, 0) is 4.79 Å². The van der Waals surface area contributed by atoms with Crippen molar-refractivity contribution in [3.8, 4) is 0 Å². The summed E-state index contributed by atoms with van der Waals surface area (Å²) in [5.41, 5.74) is 0.501. The number of carbonyl (C=O) groups is 3. The molecule has 0 unspecified atom stereocenters. The monoisotopic (exact) mass is 291 g/mol. The number of carbonyl (C=O) groups excluding carboxylic acids is 2. The van der Waals surface area contributed by atoms with E-state index in [1.54, 1.807) is 29.2 Å². The van der Waals surface area contributed by atoms with Gasteiger partial charge in [-0.15, -0.1) is 0 Å². The molecule has 1 aliphatic heterocycles. The predicted molar refractivity (Wildman–Crippen MR) is 75.0 cm³/mol. The van der Waals surface area contributed by atoms with Crippen molar-refractivity contribution in [1.29, 1.82) is 0 Å². The van der Waals surface area contributed by atoms with Crippen molar-refractivity contribution >= 4 is 17.9 Å². The Labute approximate surface area is 122 Å². The zero-order valence-electron chi connectivity index (χ0n) is 11.5. The quantitative estimate of drug-likeness (QED) is 0.834. The van der Waals surface area contributed by atoms with Crippen molar-refractivity contribution in [2.45, 2.75) is 0 Å². The van der Waals surface area contributed by atoms with Crippen LogP contribution in [-0.4, -0.2) is 65.5 Å². The van der Waals surface area contributed by atoms with E-state index in [1.165, 1.54) is 4.90 Å². The molecule has 0 atom stereocenters. The Hall–Kier alpha value is -2.57. The first kappa shape index (κ1) is 14.8. The van der Waals surface area contributed by atoms with Crippen molar-refractivity contribution in [2.24, 2.45) is 0 Å². The average Bonchev–Trinajstić information content (AvgIpc) is 2.53. The molecule has 1 aromatic carbocycles. The predicted octanol–water partition coefficient (Wildman–Crippen LogP) is 0.239. The minimum absolute atomic E-state index is 0.0825. The molecule has 0 aliphatic carbocycles. The van der Waals surface area contributed by atoms with Crippen LogP contribution >= 0.6 is 0 Å². The number of piperazine rings is 1. The Bertz CT molecular complexity index is 524. The largest absolute Gasteiger partial charge is 0.465 e. The van der Waals surface area contributed by atoms with Crippen LogP contribution in [0.3, 0.4) is 0 Å². The molecular weight excluding hydrogens is 274 g/mol. The third-order valence-corrected chi connectivity index (χ3v) is 3.34. The summed E-state index contributed by atoms with van der Waals surface area (Å²) >= 11 is 0. The Morgan fingerprint density at radius 1 is 1.00 bits per heavy atom. The fourth-order valence-corrected chi connectivity index (χ4v) is 2.11. The second kappa shape index (κ2) is 6.74. The van der Waals surface area contributed by atoms with Gasteiger partial charge < -0.3 is 20.2 Å². The molecule has 1 saturated heterocycles. The number of hydrogen-bond donors (Lipinski definition) is 2. The standard InChI is InChI=1S/C14H17N3O4/c18-12(16-6-8-17(9-7-16)14(20)21)10-15-13(19)11-4-2-1-3-5-11/h1-5H,6-10H2,(H,15,19)(H,20,21). The Balaban J connectivity index is 1.78. The maximum Gasteiger partial charge on any atom is 0.407 e. The van der Waals surface area contributed by atoms with Gasteiger partial charge in [0.25, 0.3) is 5.91 Å². The lowest BCUT2D eigenvalue weighted by Gasteiger charge is -2.33. The van der Waals surface area contributed by atoms with E-state index in [0.29, 0.717) is 31.7 Å². The maximum atomic E-state index is 12.0. The average molecular weight is 291 g/mol. The highest BCUT2D eigenvalue weighted by Crippen LogP contribution is 2.02. The minimum atomic E-state index is -0.973. The van der Waals surface area contributed by atoms with Gasteiger partial charge in [0.15, 0.2) is 0 Å². The van der Waals surface area contributed by atoms with Gasteiger partial charge >= 0.3 is 6.09 Å². The van der Waals surface area contributed by atoms with Gasteiger partial charge in [-0.2, -0.15) is 0 Å². The van der Waals surface area contributed by atoms with Crippen LogP contribution in [0.25, 0.3) is 0 Å². The maximum absolute atomic E-state index is 12.0. The highest BCUT2D eigenvalue weighted by atomic mass is 16.4. The molecule has 1 aliphatic rings. The number of hydrogen-bond acceptors (Lipinski definition) is 3. The molecule has 21 heavy (non-hydrogen) atoms. The summed E-state index contributed by atoms with van der Waals surface area (Å²) in [4.78, 5) is 37.4. The molecule has 0 spiro atoms. The highest BCUT2D eigenvalue weighted by molar-refractivity contribution is 5.96. The summed E-state index contributed by atoms with van der Waals surface area (Å²) in [6.07, 6.45) is -0.973. The van der Waals surface area contributed by atoms with Crippen molar-refractivity contribution in [2.75, 3.05) is 32.7 Å². The molecule has 2 N–H and O–H groups in total. The lowest BCUT2D eigenvalue weighted by atomic mass is 10.2. The molecule has 2 rings (SSSR count). The van der Waals surface area contributed by atoms with E-state index in [4.69, 9.17) is 5.11 Å². The summed E-state index contributed by atoms with van der Waals surface area (Å²) in [5, 5.41) is 11.4. The normalized spacial score (nSPS) is 14.7. The minimum Gasteiger partial charge on any atom is -0.465 e. The van der Waals surface area contributed by atoms with Gasteiger partial charge in [0, 0.05) is 31.7 Å². The van der Waals surface area contributed by atoms with Gasteiger partial charge in [-0.3, -0.25) is 9.59 Å². The van der Waals surface area contributed by atoms with Crippen molar-refractivity contribution in [3.63, 3.8) is 0 Å². The lowest BCUT2D eigenvalue weighted by molar-refractivity contribution is -0.131. The van der Waals surface area contributed by atoms with E-state index in [1.807, 2.05) is 6.07 Å². The molecule has 1 fully saturated rings. The molecule has 3 amide bonds. The first-order valence-electron chi connectivity index (χ1n) is 6.67. The molecule has 1 aromatic rings. The van der Waals surface area contributed by atoms with Gasteiger partial charge in [0.2, 0.25) is 5.91 Å². The summed E-state index contributed by atoms with van der Waals surface area (Å²) in [5.74, 6) is -0.502. The Kier molecular flexibility index (Phi) is 4.76. The van der Waals surface area contributed by atoms with Crippen LogP contribution in [0.4, 0.5) is 4.79 Å². The van der Waals surface area contributed by atoms with E-state index in [2.05, 4.69) is 5.32 Å². The van der Waals surface area contributed by atoms with E-state index in [0.717, 1.165) is 0 Å². The fourth-order valence-electron chi connectivity index (χ4n) is 2.11. The van der Waals surface area contributed by atoms with E-state index >= 15 is 0 Å². The van der Waals surface area contributed by atoms with Crippen LogP contribution in [0.5, 0.6) is 0 Å². The molecule has 7 nitrogen and oxygen atoms in total. The second-order valence-electron chi connectivity index (χ2n) is 4.70. The molecule has 112 valence electrons. The van der Waals surface area contributed by atoms with Crippen LogP contribution in [0.2, 0.25) is 0 Å². The topological polar surface area (TPSA) is 90.0 Å². The zero-order chi connectivity index (χ0) is 15.2. The lowest BCUT2D eigenvalue weighted by Crippen LogP contribution is -2.52. The third kappa shape index (κ3) is 3.95. The number of nitrogens with one attached hydrogen (secondary N) is 1. The molecule has 7 heteroatoms. The number of rotatable bonds is 3. The summed E-state index contributed by atoms with van der Waals surface area (Å²) < 4.78 is 0. The fraction of sp³-hybridized carbons (Fsp3) is 0.357. The number of benzene rings is 1. The summed E-state index contributed by atoms with van der Waals surface area (Å²) in [6.45, 7) is 1.22. The molecule has 1 heterocycles. The first-order chi connectivity index (χ1) is 10.1. The van der Waals surface area contributed by atoms with Crippen LogP contribution in [0.1, 0.15) is 10.4 Å². The Morgan fingerprint density at radius 3 is 2.14 bits per heavy atom. The number of carboxylic acid groups (broad SMARTS) is 1. The van der Waals surface area contributed by atoms with Crippen LogP contribution in [0, 0.1) is 0 Å². The highest BCUT2D eigenvalue weighted by Gasteiger charge is 2.23. The Morgan fingerprint density at radius 2 is 1.57 bits per heavy atom. The van der Waals surface area contributed by atoms with Gasteiger partial charge in [-0.05, 0) is 12.1 Å². The third-order valence-electron chi connectivity index (χ3n) is 3.34. The van der Waals surface area contributed by atoms with Crippen LogP contribution in [0.15, 0.2) is 30.3 Å². The smallest absolute Gasteiger partial charge is 0.407 e. The molecule has 0 saturated carbocycles. The molecule has 0 bridgehead atoms. The van der Waals surface area contributed by atoms with Gasteiger partial charge in [-0.1, -0.05) is 18.2 Å². The first-order valence-corrected chi connectivity index (χ1v) is 6.67. The molecule has 0 aromatic heterocycles. The van der Waals surface area contributed by atoms with Gasteiger partial charge in [-0.25, -0.2) is 4.79 Å². The van der Waals surface area contributed by atoms with E-state index < -0.39 is 6.09 Å². The van der Waals surface area contributed by atoms with E-state index in [-0.39, 0.29) is 18.4 Å². The SMILES string of the molecule is O=C(NCC(=O)N1CCN(C(=O)O)CC1)c1ccccc1. The zero-order valence-corrected chi connectivity index (χ0v) is 11.5. The molecular formula is C14H17N3O4. The van der Waals surface area contributed by atoms with Gasteiger partial charge in [0.05, 0.1) is 6.54 Å². The summed E-state index contributed by atoms with van der Waals surface area (Å²) in [7, 11) is 0. The van der Waals surface area contributed by atoms with Crippen molar-refractivity contribution in [1.82, 2.24) is 15.1 Å². The van der Waals surface area contributed by atoms with Crippen molar-refractivity contribution in [3.05, 3.63) is 35.9 Å². The van der Waals surface area contributed by atoms with Gasteiger partial charge in [0.1, 0.15) is 0 Å². The van der Waals surface area contributed by atoms with E-state index in [9.17, 15) is 14.4 Å². The number of nitrogens with zero attached hydrogens (tertiary/aromatic N) is 2. The summed E-state index contributed by atoms with van der Waals surface area (Å²) in [6, 6.07) is 8.66.